The Morgan fingerprint density at radius 3 is 2.93 bits per heavy atom. The number of morpholine rings is 1. The molecular weight excluding hydrogens is 382 g/mol. The van der Waals surface area contributed by atoms with Gasteiger partial charge in [-0.3, -0.25) is 4.57 Å². The fraction of sp³-hybridized carbons (Fsp3) is 0.286. The summed E-state index contributed by atoms with van der Waals surface area (Å²) in [5, 5.41) is 12.7. The van der Waals surface area contributed by atoms with Gasteiger partial charge in [-0.15, -0.1) is 10.2 Å². The van der Waals surface area contributed by atoms with Gasteiger partial charge in [-0.05, 0) is 6.42 Å². The molecule has 0 radical (unpaired) electrons. The average Bonchev–Trinajstić information content (AvgIpc) is 3.49. The molecule has 30 heavy (non-hydrogen) atoms. The third kappa shape index (κ3) is 2.48. The molecule has 5 heterocycles. The van der Waals surface area contributed by atoms with Crippen molar-refractivity contribution in [3.63, 3.8) is 0 Å². The summed E-state index contributed by atoms with van der Waals surface area (Å²) in [6.45, 7) is 4.03. The second kappa shape index (κ2) is 6.74. The molecule has 2 aliphatic heterocycles. The molecule has 1 aromatic carbocycles. The predicted molar refractivity (Wildman–Crippen MR) is 108 cm³/mol. The highest BCUT2D eigenvalue weighted by molar-refractivity contribution is 5.78. The number of ether oxygens (including phenoxy) is 1. The van der Waals surface area contributed by atoms with Crippen molar-refractivity contribution in [3.05, 3.63) is 54.4 Å². The predicted octanol–water partition coefficient (Wildman–Crippen LogP) is 2.83. The van der Waals surface area contributed by atoms with Crippen LogP contribution < -0.4 is 4.90 Å². The summed E-state index contributed by atoms with van der Waals surface area (Å²) >= 11 is 0. The monoisotopic (exact) mass is 401 g/mol. The van der Waals surface area contributed by atoms with E-state index in [1.54, 1.807) is 12.6 Å². The smallest absolute Gasteiger partial charge is 0.167 e. The van der Waals surface area contributed by atoms with Crippen LogP contribution in [0.4, 0.5) is 5.82 Å². The number of nitrogens with zero attached hydrogens (tertiary/aromatic N) is 7. The van der Waals surface area contributed by atoms with Crippen LogP contribution in [-0.2, 0) is 11.2 Å². The first-order valence-electron chi connectivity index (χ1n) is 10.0. The quantitative estimate of drug-likeness (QED) is 0.517. The van der Waals surface area contributed by atoms with E-state index in [1.165, 1.54) is 0 Å². The van der Waals surface area contributed by atoms with E-state index in [4.69, 9.17) is 19.2 Å². The molecule has 0 amide bonds. The van der Waals surface area contributed by atoms with Gasteiger partial charge in [0.05, 0.1) is 24.5 Å². The Morgan fingerprint density at radius 1 is 1.17 bits per heavy atom. The Kier molecular flexibility index (Phi) is 3.88. The van der Waals surface area contributed by atoms with Gasteiger partial charge in [-0.2, -0.15) is 0 Å². The Hall–Kier alpha value is -3.59. The van der Waals surface area contributed by atoms with E-state index in [9.17, 15) is 0 Å². The van der Waals surface area contributed by atoms with Crippen molar-refractivity contribution in [2.24, 2.45) is 0 Å². The third-order valence-corrected chi connectivity index (χ3v) is 5.64. The number of anilines is 1. The van der Waals surface area contributed by atoms with Crippen molar-refractivity contribution in [3.8, 4) is 28.3 Å². The molecule has 0 bridgehead atoms. The topological polar surface area (TPSA) is 95.0 Å². The minimum absolute atomic E-state index is 0.0164. The maximum atomic E-state index is 5.73. The Morgan fingerprint density at radius 2 is 2.07 bits per heavy atom. The highest BCUT2D eigenvalue weighted by Crippen LogP contribution is 2.41. The van der Waals surface area contributed by atoms with Gasteiger partial charge >= 0.3 is 0 Å². The summed E-state index contributed by atoms with van der Waals surface area (Å²) in [6.07, 6.45) is 4.10. The van der Waals surface area contributed by atoms with Crippen molar-refractivity contribution in [2.75, 3.05) is 24.7 Å². The third-order valence-electron chi connectivity index (χ3n) is 5.64. The number of fused-ring (bicyclic) bond motifs is 6. The van der Waals surface area contributed by atoms with Crippen LogP contribution in [0.1, 0.15) is 24.5 Å². The zero-order valence-corrected chi connectivity index (χ0v) is 16.4. The normalized spacial score (nSPS) is 17.4. The Balaban J connectivity index is 1.57. The van der Waals surface area contributed by atoms with Gasteiger partial charge in [0, 0.05) is 12.1 Å². The van der Waals surface area contributed by atoms with E-state index in [0.29, 0.717) is 19.0 Å². The summed E-state index contributed by atoms with van der Waals surface area (Å²) in [4.78, 5) is 12.2. The lowest BCUT2D eigenvalue weighted by atomic mass is 10.1. The molecule has 2 aliphatic rings. The van der Waals surface area contributed by atoms with Crippen molar-refractivity contribution < 1.29 is 9.26 Å². The standard InChI is InChI=1S/C21H19N7O2/c1-2-15-18-21(27-8-9-29-11-16(27)20-25-22-12-28(18)20)24-19(23-15)14-10-30-26-17(14)13-6-4-3-5-7-13/h3-7,10,12,16H,2,8-9,11H2,1H3. The maximum Gasteiger partial charge on any atom is 0.167 e. The lowest BCUT2D eigenvalue weighted by Crippen LogP contribution is -2.44. The summed E-state index contributed by atoms with van der Waals surface area (Å²) in [7, 11) is 0. The number of hydrogen-bond acceptors (Lipinski definition) is 8. The molecule has 0 saturated carbocycles. The highest BCUT2D eigenvalue weighted by atomic mass is 16.5. The summed E-state index contributed by atoms with van der Waals surface area (Å²) in [5.74, 6) is 2.34. The van der Waals surface area contributed by atoms with E-state index in [-0.39, 0.29) is 6.04 Å². The minimum Gasteiger partial charge on any atom is -0.377 e. The number of aryl methyl sites for hydroxylation is 1. The average molecular weight is 401 g/mol. The molecule has 1 saturated heterocycles. The van der Waals surface area contributed by atoms with Gasteiger partial charge in [0.25, 0.3) is 0 Å². The minimum atomic E-state index is -0.0164. The van der Waals surface area contributed by atoms with Gasteiger partial charge in [0.1, 0.15) is 30.0 Å². The molecule has 0 aliphatic carbocycles. The van der Waals surface area contributed by atoms with Crippen LogP contribution in [0.15, 0.2) is 47.4 Å². The summed E-state index contributed by atoms with van der Waals surface area (Å²) in [5.41, 5.74) is 4.35. The number of rotatable bonds is 3. The van der Waals surface area contributed by atoms with Crippen LogP contribution in [0, 0.1) is 0 Å². The van der Waals surface area contributed by atoms with Gasteiger partial charge in [-0.25, -0.2) is 9.97 Å². The summed E-state index contributed by atoms with van der Waals surface area (Å²) < 4.78 is 13.1. The Bertz CT molecular complexity index is 1220. The second-order valence-electron chi connectivity index (χ2n) is 7.31. The van der Waals surface area contributed by atoms with Crippen molar-refractivity contribution >= 4 is 5.82 Å². The first-order chi connectivity index (χ1) is 14.8. The number of benzene rings is 1. The van der Waals surface area contributed by atoms with E-state index in [1.807, 2.05) is 34.9 Å². The SMILES string of the molecule is CCc1nc(-c2conc2-c2ccccc2)nc2c1-n1cnnc1C1COCCN21. The van der Waals surface area contributed by atoms with Gasteiger partial charge in [0.2, 0.25) is 0 Å². The first-order valence-corrected chi connectivity index (χ1v) is 10.0. The van der Waals surface area contributed by atoms with E-state index in [0.717, 1.165) is 52.8 Å². The van der Waals surface area contributed by atoms with E-state index in [2.05, 4.69) is 27.2 Å². The molecule has 0 spiro atoms. The largest absolute Gasteiger partial charge is 0.377 e. The number of hydrogen-bond donors (Lipinski definition) is 0. The van der Waals surface area contributed by atoms with Gasteiger partial charge in [-0.1, -0.05) is 42.4 Å². The Labute approximate surface area is 172 Å². The zero-order valence-electron chi connectivity index (χ0n) is 16.4. The zero-order chi connectivity index (χ0) is 20.1. The molecular formula is C21H19N7O2. The molecule has 150 valence electrons. The fourth-order valence-corrected chi connectivity index (χ4v) is 4.22. The van der Waals surface area contributed by atoms with Crippen LogP contribution in [0.5, 0.6) is 0 Å². The molecule has 3 aromatic heterocycles. The molecule has 1 fully saturated rings. The second-order valence-corrected chi connectivity index (χ2v) is 7.31. The molecule has 9 nitrogen and oxygen atoms in total. The fourth-order valence-electron chi connectivity index (χ4n) is 4.22. The molecule has 4 aromatic rings. The number of aromatic nitrogens is 6. The van der Waals surface area contributed by atoms with Gasteiger partial charge in [0.15, 0.2) is 17.5 Å². The molecule has 6 rings (SSSR count). The van der Waals surface area contributed by atoms with E-state index < -0.39 is 0 Å². The molecule has 9 heteroatoms. The van der Waals surface area contributed by atoms with Crippen LogP contribution in [-0.4, -0.2) is 49.6 Å². The highest BCUT2D eigenvalue weighted by Gasteiger charge is 2.38. The van der Waals surface area contributed by atoms with Gasteiger partial charge < -0.3 is 14.2 Å². The lowest BCUT2D eigenvalue weighted by molar-refractivity contribution is 0.0894. The van der Waals surface area contributed by atoms with Crippen molar-refractivity contribution in [1.29, 1.82) is 0 Å². The van der Waals surface area contributed by atoms with Crippen molar-refractivity contribution in [1.82, 2.24) is 29.9 Å². The van der Waals surface area contributed by atoms with E-state index >= 15 is 0 Å². The molecule has 0 N–H and O–H groups in total. The van der Waals surface area contributed by atoms with Crippen LogP contribution in [0.25, 0.3) is 28.3 Å². The van der Waals surface area contributed by atoms with Crippen molar-refractivity contribution in [2.45, 2.75) is 19.4 Å². The first kappa shape index (κ1) is 17.3. The van der Waals surface area contributed by atoms with Crippen LogP contribution in [0.2, 0.25) is 0 Å². The molecule has 1 atom stereocenters. The summed E-state index contributed by atoms with van der Waals surface area (Å²) in [6, 6.07) is 9.92. The van der Waals surface area contributed by atoms with Crippen LogP contribution >= 0.6 is 0 Å². The molecule has 1 unspecified atom stereocenters. The lowest BCUT2D eigenvalue weighted by Gasteiger charge is -2.40. The maximum absolute atomic E-state index is 5.73. The van der Waals surface area contributed by atoms with Crippen LogP contribution in [0.3, 0.4) is 0 Å².